The zero-order valence-corrected chi connectivity index (χ0v) is 16.4. The van der Waals surface area contributed by atoms with E-state index >= 15 is 0 Å². The number of nitrogens with one attached hydrogen (secondary N) is 1. The number of carbonyl (C=O) groups is 2. The third-order valence-corrected chi connectivity index (χ3v) is 5.10. The van der Waals surface area contributed by atoms with Gasteiger partial charge in [-0.25, -0.2) is 4.98 Å². The number of rotatable bonds is 7. The van der Waals surface area contributed by atoms with E-state index in [0.717, 1.165) is 24.1 Å². The van der Waals surface area contributed by atoms with Gasteiger partial charge in [0.1, 0.15) is 5.69 Å². The quantitative estimate of drug-likeness (QED) is 0.615. The number of hydrogen-bond acceptors (Lipinski definition) is 4. The van der Waals surface area contributed by atoms with Gasteiger partial charge in [0.25, 0.3) is 11.5 Å². The number of amides is 2. The summed E-state index contributed by atoms with van der Waals surface area (Å²) in [7, 11) is 0. The van der Waals surface area contributed by atoms with Gasteiger partial charge in [0.15, 0.2) is 0 Å². The highest BCUT2D eigenvalue weighted by Crippen LogP contribution is 2.32. The number of hydrogen-bond donors (Lipinski definition) is 2. The van der Waals surface area contributed by atoms with Crippen LogP contribution in [0.15, 0.2) is 41.5 Å². The van der Waals surface area contributed by atoms with Crippen LogP contribution in [-0.2, 0) is 11.3 Å². The zero-order valence-electron chi connectivity index (χ0n) is 15.6. The van der Waals surface area contributed by atoms with Crippen LogP contribution in [0.2, 0.25) is 5.02 Å². The molecule has 1 aliphatic carbocycles. The van der Waals surface area contributed by atoms with Crippen molar-refractivity contribution in [2.45, 2.75) is 25.8 Å². The molecule has 29 heavy (non-hydrogen) atoms. The Morgan fingerprint density at radius 3 is 2.76 bits per heavy atom. The summed E-state index contributed by atoms with van der Waals surface area (Å²) in [5.74, 6) is -0.499. The lowest BCUT2D eigenvalue weighted by atomic mass is 10.1. The van der Waals surface area contributed by atoms with Crippen molar-refractivity contribution in [1.82, 2.24) is 19.3 Å². The Morgan fingerprint density at radius 1 is 1.28 bits per heavy atom. The van der Waals surface area contributed by atoms with Crippen LogP contribution in [-0.4, -0.2) is 32.3 Å². The fourth-order valence-corrected chi connectivity index (χ4v) is 3.39. The van der Waals surface area contributed by atoms with E-state index in [1.807, 2.05) is 12.1 Å². The fourth-order valence-electron chi connectivity index (χ4n) is 3.20. The van der Waals surface area contributed by atoms with E-state index in [1.54, 1.807) is 27.3 Å². The molecule has 9 heteroatoms. The minimum Gasteiger partial charge on any atom is -0.370 e. The molecule has 3 aromatic rings. The van der Waals surface area contributed by atoms with Gasteiger partial charge in [-0.3, -0.25) is 18.8 Å². The normalized spacial score (nSPS) is 13.6. The first-order chi connectivity index (χ1) is 13.9. The van der Waals surface area contributed by atoms with E-state index in [2.05, 4.69) is 10.3 Å². The Balaban J connectivity index is 1.75. The summed E-state index contributed by atoms with van der Waals surface area (Å²) in [5, 5.41) is 3.16. The molecule has 8 nitrogen and oxygen atoms in total. The van der Waals surface area contributed by atoms with Crippen LogP contribution in [0.3, 0.4) is 0 Å². The second-order valence-electron chi connectivity index (χ2n) is 7.21. The summed E-state index contributed by atoms with van der Waals surface area (Å²) < 4.78 is 3.27. The van der Waals surface area contributed by atoms with Crippen LogP contribution < -0.4 is 16.6 Å². The van der Waals surface area contributed by atoms with Crippen LogP contribution >= 0.6 is 11.6 Å². The number of imidazole rings is 1. The molecule has 2 aromatic heterocycles. The predicted molar refractivity (Wildman–Crippen MR) is 109 cm³/mol. The van der Waals surface area contributed by atoms with Crippen molar-refractivity contribution in [3.8, 4) is 11.3 Å². The van der Waals surface area contributed by atoms with Crippen LogP contribution in [0.5, 0.6) is 0 Å². The lowest BCUT2D eigenvalue weighted by Gasteiger charge is -2.13. The summed E-state index contributed by atoms with van der Waals surface area (Å²) in [6.45, 7) is 0.714. The average Bonchev–Trinajstić information content (AvgIpc) is 3.39. The SMILES string of the molecule is NC(=O)CCNC(=O)c1cn2cc(-c3cccc(Cl)c3)n(CC3CC3)c(=O)c2n1. The summed E-state index contributed by atoms with van der Waals surface area (Å²) >= 11 is 6.15. The van der Waals surface area contributed by atoms with Crippen LogP contribution in [0.4, 0.5) is 0 Å². The van der Waals surface area contributed by atoms with E-state index in [0.29, 0.717) is 17.5 Å². The predicted octanol–water partition coefficient (Wildman–Crippen LogP) is 1.83. The monoisotopic (exact) mass is 413 g/mol. The van der Waals surface area contributed by atoms with Crippen LogP contribution in [0.25, 0.3) is 16.9 Å². The molecule has 0 radical (unpaired) electrons. The number of nitrogens with two attached hydrogens (primary N) is 1. The molecule has 1 fully saturated rings. The van der Waals surface area contributed by atoms with Crippen molar-refractivity contribution in [1.29, 1.82) is 0 Å². The first-order valence-corrected chi connectivity index (χ1v) is 9.75. The molecule has 1 saturated carbocycles. The molecule has 2 heterocycles. The van der Waals surface area contributed by atoms with Gasteiger partial charge in [-0.2, -0.15) is 0 Å². The minimum absolute atomic E-state index is 0.0339. The Labute approximate surface area is 171 Å². The van der Waals surface area contributed by atoms with E-state index in [4.69, 9.17) is 17.3 Å². The van der Waals surface area contributed by atoms with Crippen LogP contribution in [0, 0.1) is 5.92 Å². The number of fused-ring (bicyclic) bond motifs is 1. The van der Waals surface area contributed by atoms with Crippen molar-refractivity contribution >= 4 is 29.1 Å². The highest BCUT2D eigenvalue weighted by atomic mass is 35.5. The Morgan fingerprint density at radius 2 is 2.07 bits per heavy atom. The first kappa shape index (κ1) is 19.2. The van der Waals surface area contributed by atoms with E-state index < -0.39 is 11.8 Å². The smallest absolute Gasteiger partial charge is 0.294 e. The molecule has 2 amide bonds. The number of primary amides is 1. The number of carbonyl (C=O) groups excluding carboxylic acids is 2. The number of nitrogens with zero attached hydrogens (tertiary/aromatic N) is 3. The second-order valence-corrected chi connectivity index (χ2v) is 7.65. The Kier molecular flexibility index (Phi) is 5.10. The maximum absolute atomic E-state index is 13.2. The molecule has 0 aliphatic heterocycles. The molecule has 150 valence electrons. The summed E-state index contributed by atoms with van der Waals surface area (Å²) in [6.07, 6.45) is 5.51. The van der Waals surface area contributed by atoms with E-state index in [-0.39, 0.29) is 29.9 Å². The average molecular weight is 414 g/mol. The van der Waals surface area contributed by atoms with Gasteiger partial charge in [-0.15, -0.1) is 0 Å². The number of halogens is 1. The largest absolute Gasteiger partial charge is 0.370 e. The lowest BCUT2D eigenvalue weighted by molar-refractivity contribution is -0.117. The van der Waals surface area contributed by atoms with Crippen molar-refractivity contribution in [2.24, 2.45) is 11.7 Å². The third-order valence-electron chi connectivity index (χ3n) is 4.87. The summed E-state index contributed by atoms with van der Waals surface area (Å²) in [4.78, 5) is 40.5. The van der Waals surface area contributed by atoms with E-state index in [1.165, 1.54) is 6.20 Å². The van der Waals surface area contributed by atoms with Gasteiger partial charge in [-0.05, 0) is 30.9 Å². The highest BCUT2D eigenvalue weighted by molar-refractivity contribution is 6.30. The van der Waals surface area contributed by atoms with Crippen molar-refractivity contribution < 1.29 is 9.59 Å². The number of aromatic nitrogens is 3. The molecule has 0 saturated heterocycles. The van der Waals surface area contributed by atoms with Gasteiger partial charge >= 0.3 is 0 Å². The van der Waals surface area contributed by atoms with Crippen LogP contribution in [0.1, 0.15) is 29.8 Å². The topological polar surface area (TPSA) is 111 Å². The Bertz CT molecular complexity index is 1160. The van der Waals surface area contributed by atoms with Gasteiger partial charge in [0.05, 0.1) is 5.69 Å². The molecule has 0 unspecified atom stereocenters. The maximum atomic E-state index is 13.2. The molecule has 4 rings (SSSR count). The van der Waals surface area contributed by atoms with Crippen molar-refractivity contribution in [2.75, 3.05) is 6.54 Å². The molecular formula is C20H20ClN5O3. The van der Waals surface area contributed by atoms with Gasteiger partial charge in [0, 0.05) is 42.5 Å². The van der Waals surface area contributed by atoms with Gasteiger partial charge < -0.3 is 15.6 Å². The standard InChI is InChI=1S/C20H20ClN5O3/c21-14-3-1-2-13(8-14)16-11-25-10-15(19(28)23-7-6-17(22)27)24-18(25)20(29)26(16)9-12-4-5-12/h1-3,8,10-12H,4-7,9H2,(H2,22,27)(H,23,28). The zero-order chi connectivity index (χ0) is 20.5. The number of benzene rings is 1. The summed E-state index contributed by atoms with van der Waals surface area (Å²) in [5.41, 5.74) is 6.64. The molecule has 0 bridgehead atoms. The molecule has 1 aliphatic rings. The molecule has 0 atom stereocenters. The van der Waals surface area contributed by atoms with Gasteiger partial charge in [-0.1, -0.05) is 23.7 Å². The second kappa shape index (κ2) is 7.71. The molecule has 3 N–H and O–H groups in total. The Hall–Kier alpha value is -3.13. The van der Waals surface area contributed by atoms with E-state index in [9.17, 15) is 14.4 Å². The fraction of sp³-hybridized carbons (Fsp3) is 0.300. The first-order valence-electron chi connectivity index (χ1n) is 9.37. The maximum Gasteiger partial charge on any atom is 0.294 e. The molecular weight excluding hydrogens is 394 g/mol. The molecule has 0 spiro atoms. The van der Waals surface area contributed by atoms with Gasteiger partial charge in [0.2, 0.25) is 11.6 Å². The summed E-state index contributed by atoms with van der Waals surface area (Å²) in [6, 6.07) is 7.31. The molecule has 1 aromatic carbocycles. The van der Waals surface area contributed by atoms with Crippen molar-refractivity contribution in [3.63, 3.8) is 0 Å². The van der Waals surface area contributed by atoms with Crippen molar-refractivity contribution in [3.05, 3.63) is 57.7 Å². The minimum atomic E-state index is -0.505. The highest BCUT2D eigenvalue weighted by Gasteiger charge is 2.25. The lowest BCUT2D eigenvalue weighted by Crippen LogP contribution is -2.28. The third kappa shape index (κ3) is 4.17.